The Kier molecular flexibility index (Phi) is 4.14. The van der Waals surface area contributed by atoms with E-state index in [1.807, 2.05) is 37.5 Å². The van der Waals surface area contributed by atoms with E-state index in [1.165, 1.54) is 6.92 Å². The van der Waals surface area contributed by atoms with Gasteiger partial charge in [0.05, 0.1) is 6.20 Å². The number of benzene rings is 1. The quantitative estimate of drug-likeness (QED) is 0.932. The Bertz CT molecular complexity index is 738. The number of rotatable bonds is 3. The number of carbonyl (C=O) groups is 2. The van der Waals surface area contributed by atoms with Crippen LogP contribution >= 0.6 is 0 Å². The molecule has 1 N–H and O–H groups in total. The van der Waals surface area contributed by atoms with E-state index >= 15 is 0 Å². The molecule has 0 bridgehead atoms. The van der Waals surface area contributed by atoms with Crippen molar-refractivity contribution in [3.8, 4) is 11.1 Å². The Morgan fingerprint density at radius 1 is 1.30 bits per heavy atom. The first-order chi connectivity index (χ1) is 11.0. The molecular weight excluding hydrogens is 292 g/mol. The molecule has 0 radical (unpaired) electrons. The summed E-state index contributed by atoms with van der Waals surface area (Å²) in [5, 5.41) is 7.04. The molecule has 2 amide bonds. The van der Waals surface area contributed by atoms with Gasteiger partial charge in [-0.25, -0.2) is 0 Å². The second-order valence-electron chi connectivity index (χ2n) is 5.92. The van der Waals surface area contributed by atoms with E-state index in [-0.39, 0.29) is 17.9 Å². The van der Waals surface area contributed by atoms with Gasteiger partial charge in [-0.05, 0) is 24.1 Å². The van der Waals surface area contributed by atoms with Gasteiger partial charge in [0.15, 0.2) is 0 Å². The zero-order valence-electron chi connectivity index (χ0n) is 13.3. The van der Waals surface area contributed by atoms with Crippen molar-refractivity contribution in [3.63, 3.8) is 0 Å². The number of likely N-dealkylation sites (tertiary alicyclic amines) is 1. The van der Waals surface area contributed by atoms with Gasteiger partial charge in [0, 0.05) is 50.4 Å². The minimum Gasteiger partial charge on any atom is -0.352 e. The highest BCUT2D eigenvalue weighted by atomic mass is 16.2. The van der Waals surface area contributed by atoms with Crippen molar-refractivity contribution in [3.05, 3.63) is 42.2 Å². The standard InChI is InChI=1S/C17H20N4O2/c1-12(22)19-16-6-7-21(11-16)17(23)14-5-3-4-13(8-14)15-9-18-20(2)10-15/h3-5,8-10,16H,6-7,11H2,1-2H3,(H,19,22)/t16-/m1/s1. The van der Waals surface area contributed by atoms with Gasteiger partial charge in [-0.3, -0.25) is 14.3 Å². The minimum atomic E-state index is -0.0529. The van der Waals surface area contributed by atoms with Gasteiger partial charge >= 0.3 is 0 Å². The molecule has 1 aromatic carbocycles. The van der Waals surface area contributed by atoms with Gasteiger partial charge in [0.2, 0.25) is 5.91 Å². The zero-order chi connectivity index (χ0) is 16.4. The molecule has 1 aromatic heterocycles. The highest BCUT2D eigenvalue weighted by Crippen LogP contribution is 2.21. The van der Waals surface area contributed by atoms with Crippen LogP contribution in [0.1, 0.15) is 23.7 Å². The minimum absolute atomic E-state index is 0.00333. The summed E-state index contributed by atoms with van der Waals surface area (Å²) < 4.78 is 1.74. The predicted octanol–water partition coefficient (Wildman–Crippen LogP) is 1.44. The Morgan fingerprint density at radius 3 is 2.83 bits per heavy atom. The molecular formula is C17H20N4O2. The van der Waals surface area contributed by atoms with Crippen LogP contribution in [0, 0.1) is 0 Å². The lowest BCUT2D eigenvalue weighted by molar-refractivity contribution is -0.119. The number of aromatic nitrogens is 2. The van der Waals surface area contributed by atoms with Crippen LogP contribution < -0.4 is 5.32 Å². The molecule has 3 rings (SSSR count). The number of carbonyl (C=O) groups excluding carboxylic acids is 2. The maximum Gasteiger partial charge on any atom is 0.253 e. The van der Waals surface area contributed by atoms with E-state index in [4.69, 9.17) is 0 Å². The third-order valence-electron chi connectivity index (χ3n) is 4.03. The fourth-order valence-corrected chi connectivity index (χ4v) is 2.93. The molecule has 23 heavy (non-hydrogen) atoms. The summed E-state index contributed by atoms with van der Waals surface area (Å²) in [6.07, 6.45) is 4.51. The molecule has 1 fully saturated rings. The van der Waals surface area contributed by atoms with E-state index in [0.717, 1.165) is 17.5 Å². The van der Waals surface area contributed by atoms with E-state index in [2.05, 4.69) is 10.4 Å². The van der Waals surface area contributed by atoms with Gasteiger partial charge in [-0.15, -0.1) is 0 Å². The van der Waals surface area contributed by atoms with E-state index < -0.39 is 0 Å². The molecule has 0 spiro atoms. The van der Waals surface area contributed by atoms with Crippen LogP contribution in [0.15, 0.2) is 36.7 Å². The first-order valence-corrected chi connectivity index (χ1v) is 7.68. The largest absolute Gasteiger partial charge is 0.352 e. The molecule has 120 valence electrons. The van der Waals surface area contributed by atoms with Gasteiger partial charge in [-0.1, -0.05) is 12.1 Å². The van der Waals surface area contributed by atoms with E-state index in [0.29, 0.717) is 18.7 Å². The van der Waals surface area contributed by atoms with Crippen LogP contribution in [0.3, 0.4) is 0 Å². The molecule has 2 aromatic rings. The summed E-state index contributed by atoms with van der Waals surface area (Å²) in [6.45, 7) is 2.73. The first kappa shape index (κ1) is 15.3. The van der Waals surface area contributed by atoms with Crippen molar-refractivity contribution in [2.45, 2.75) is 19.4 Å². The van der Waals surface area contributed by atoms with Crippen LogP contribution in [0.25, 0.3) is 11.1 Å². The molecule has 0 unspecified atom stereocenters. The van der Waals surface area contributed by atoms with Crippen molar-refractivity contribution < 1.29 is 9.59 Å². The van der Waals surface area contributed by atoms with Crippen LogP contribution in [-0.2, 0) is 11.8 Å². The van der Waals surface area contributed by atoms with Crippen molar-refractivity contribution >= 4 is 11.8 Å². The van der Waals surface area contributed by atoms with Gasteiger partial charge in [-0.2, -0.15) is 5.10 Å². The molecule has 6 heteroatoms. The summed E-state index contributed by atoms with van der Waals surface area (Å²) >= 11 is 0. The Balaban J connectivity index is 1.74. The molecule has 1 atom stereocenters. The topological polar surface area (TPSA) is 67.2 Å². The van der Waals surface area contributed by atoms with Crippen LogP contribution in [0.5, 0.6) is 0 Å². The normalized spacial score (nSPS) is 17.3. The third kappa shape index (κ3) is 3.41. The molecule has 1 aliphatic heterocycles. The molecule has 0 aliphatic carbocycles. The molecule has 6 nitrogen and oxygen atoms in total. The maximum atomic E-state index is 12.7. The smallest absolute Gasteiger partial charge is 0.253 e. The van der Waals surface area contributed by atoms with Gasteiger partial charge in [0.25, 0.3) is 5.91 Å². The van der Waals surface area contributed by atoms with Gasteiger partial charge in [0.1, 0.15) is 0 Å². The highest BCUT2D eigenvalue weighted by molar-refractivity contribution is 5.95. The lowest BCUT2D eigenvalue weighted by Gasteiger charge is -2.17. The Morgan fingerprint density at radius 2 is 2.13 bits per heavy atom. The Hall–Kier alpha value is -2.63. The Labute approximate surface area is 135 Å². The predicted molar refractivity (Wildman–Crippen MR) is 86.8 cm³/mol. The number of hydrogen-bond acceptors (Lipinski definition) is 3. The SMILES string of the molecule is CC(=O)N[C@@H]1CCN(C(=O)c2cccc(-c3cnn(C)c3)c2)C1. The van der Waals surface area contributed by atoms with Crippen LogP contribution in [0.2, 0.25) is 0 Å². The number of amides is 2. The number of nitrogens with one attached hydrogen (secondary N) is 1. The summed E-state index contributed by atoms with van der Waals surface area (Å²) in [7, 11) is 1.87. The number of nitrogens with zero attached hydrogens (tertiary/aromatic N) is 3. The average molecular weight is 312 g/mol. The fraction of sp³-hybridized carbons (Fsp3) is 0.353. The second-order valence-corrected chi connectivity index (χ2v) is 5.92. The lowest BCUT2D eigenvalue weighted by atomic mass is 10.1. The summed E-state index contributed by atoms with van der Waals surface area (Å²) in [5.41, 5.74) is 2.62. The van der Waals surface area contributed by atoms with Crippen molar-refractivity contribution in [2.75, 3.05) is 13.1 Å². The molecule has 2 heterocycles. The molecule has 1 saturated heterocycles. The van der Waals surface area contributed by atoms with Crippen molar-refractivity contribution in [2.24, 2.45) is 7.05 Å². The monoisotopic (exact) mass is 312 g/mol. The average Bonchev–Trinajstić information content (AvgIpc) is 3.15. The van der Waals surface area contributed by atoms with Crippen LogP contribution in [-0.4, -0.2) is 45.6 Å². The number of hydrogen-bond donors (Lipinski definition) is 1. The van der Waals surface area contributed by atoms with Crippen molar-refractivity contribution in [1.82, 2.24) is 20.0 Å². The van der Waals surface area contributed by atoms with Gasteiger partial charge < -0.3 is 10.2 Å². The first-order valence-electron chi connectivity index (χ1n) is 7.68. The van der Waals surface area contributed by atoms with E-state index in [1.54, 1.807) is 15.8 Å². The second kappa shape index (κ2) is 6.24. The third-order valence-corrected chi connectivity index (χ3v) is 4.03. The number of aryl methyl sites for hydroxylation is 1. The fourth-order valence-electron chi connectivity index (χ4n) is 2.93. The highest BCUT2D eigenvalue weighted by Gasteiger charge is 2.27. The summed E-state index contributed by atoms with van der Waals surface area (Å²) in [4.78, 5) is 25.6. The molecule has 0 saturated carbocycles. The van der Waals surface area contributed by atoms with Crippen LogP contribution in [0.4, 0.5) is 0 Å². The lowest BCUT2D eigenvalue weighted by Crippen LogP contribution is -2.37. The summed E-state index contributed by atoms with van der Waals surface area (Å²) in [5.74, 6) is -0.0496. The maximum absolute atomic E-state index is 12.7. The van der Waals surface area contributed by atoms with Crippen molar-refractivity contribution in [1.29, 1.82) is 0 Å². The van der Waals surface area contributed by atoms with E-state index in [9.17, 15) is 9.59 Å². The zero-order valence-corrected chi connectivity index (χ0v) is 13.3. The summed E-state index contributed by atoms with van der Waals surface area (Å²) in [6, 6.07) is 7.63. The molecule has 1 aliphatic rings.